The molecule has 0 unspecified atom stereocenters. The second-order valence-corrected chi connectivity index (χ2v) is 6.65. The topological polar surface area (TPSA) is 22.0 Å². The fraction of sp³-hybridized carbons (Fsp3) is 0.286. The number of hydrogen-bond donors (Lipinski definition) is 0. The third-order valence-corrected chi connectivity index (χ3v) is 4.89. The van der Waals surface area contributed by atoms with Crippen molar-refractivity contribution in [3.63, 3.8) is 0 Å². The second kappa shape index (κ2) is 5.38. The van der Waals surface area contributed by atoms with Crippen LogP contribution in [0.2, 0.25) is 0 Å². The molecule has 2 aromatic carbocycles. The van der Waals surface area contributed by atoms with E-state index in [0.717, 1.165) is 24.9 Å². The summed E-state index contributed by atoms with van der Waals surface area (Å²) in [7, 11) is 0. The summed E-state index contributed by atoms with van der Waals surface area (Å²) in [5.74, 6) is 0.315. The molecule has 23 heavy (non-hydrogen) atoms. The van der Waals surface area contributed by atoms with Gasteiger partial charge in [-0.2, -0.15) is 0 Å². The molecule has 0 fully saturated rings. The highest BCUT2D eigenvalue weighted by Gasteiger charge is 2.26. The van der Waals surface area contributed by atoms with Gasteiger partial charge in [-0.15, -0.1) is 0 Å². The lowest BCUT2D eigenvalue weighted by Crippen LogP contribution is -2.13. The maximum atomic E-state index is 12.6. The van der Waals surface area contributed by atoms with Crippen molar-refractivity contribution in [2.75, 3.05) is 0 Å². The Morgan fingerprint density at radius 2 is 1.83 bits per heavy atom. The average Bonchev–Trinajstić information content (AvgIpc) is 2.84. The zero-order valence-corrected chi connectivity index (χ0v) is 13.7. The molecule has 0 atom stereocenters. The standard InChI is InChI=1S/C21H21NO/c1-14-11-15(2)20-18(12-14)22(13-16-7-4-3-5-8-16)17-9-6-10-19(23)21(17)20/h3-5,7-8,11-12H,6,9-10,13H2,1-2H3. The van der Waals surface area contributed by atoms with Crippen LogP contribution >= 0.6 is 0 Å². The van der Waals surface area contributed by atoms with E-state index in [1.54, 1.807) is 0 Å². The third kappa shape index (κ3) is 2.29. The average molecular weight is 303 g/mol. The number of Topliss-reactive ketones (excluding diaryl/α,β-unsaturated/α-hetero) is 1. The molecule has 0 amide bonds. The van der Waals surface area contributed by atoms with Crippen molar-refractivity contribution >= 4 is 16.7 Å². The molecule has 1 aromatic heterocycles. The molecule has 1 aliphatic carbocycles. The van der Waals surface area contributed by atoms with Gasteiger partial charge in [-0.3, -0.25) is 4.79 Å². The van der Waals surface area contributed by atoms with Crippen LogP contribution in [0.4, 0.5) is 0 Å². The Bertz CT molecular complexity index is 903. The van der Waals surface area contributed by atoms with Gasteiger partial charge in [0.15, 0.2) is 5.78 Å². The second-order valence-electron chi connectivity index (χ2n) is 6.65. The largest absolute Gasteiger partial charge is 0.339 e. The normalized spacial score (nSPS) is 14.3. The zero-order valence-electron chi connectivity index (χ0n) is 13.7. The van der Waals surface area contributed by atoms with Crippen LogP contribution in [-0.2, 0) is 13.0 Å². The molecule has 116 valence electrons. The van der Waals surface area contributed by atoms with Crippen molar-refractivity contribution < 1.29 is 4.79 Å². The lowest BCUT2D eigenvalue weighted by atomic mass is 9.92. The van der Waals surface area contributed by atoms with E-state index < -0.39 is 0 Å². The van der Waals surface area contributed by atoms with Crippen molar-refractivity contribution in [1.82, 2.24) is 4.57 Å². The van der Waals surface area contributed by atoms with Gasteiger partial charge in [0.25, 0.3) is 0 Å². The van der Waals surface area contributed by atoms with Gasteiger partial charge >= 0.3 is 0 Å². The fourth-order valence-electron chi connectivity index (χ4n) is 3.96. The minimum atomic E-state index is 0.315. The number of rotatable bonds is 2. The number of carbonyl (C=O) groups is 1. The number of hydrogen-bond acceptors (Lipinski definition) is 1. The lowest BCUT2D eigenvalue weighted by Gasteiger charge is -2.15. The van der Waals surface area contributed by atoms with Crippen LogP contribution in [0.25, 0.3) is 10.9 Å². The molecule has 0 spiro atoms. The van der Waals surface area contributed by atoms with E-state index in [0.29, 0.717) is 12.2 Å². The number of fused-ring (bicyclic) bond motifs is 3. The van der Waals surface area contributed by atoms with Gasteiger partial charge in [0.05, 0.1) is 0 Å². The SMILES string of the molecule is Cc1cc(C)c2c3c(n(Cc4ccccc4)c2c1)CCCC3=O. The molecule has 1 heterocycles. The molecule has 3 aromatic rings. The quantitative estimate of drug-likeness (QED) is 0.665. The van der Waals surface area contributed by atoms with E-state index in [1.165, 1.54) is 33.3 Å². The molecular weight excluding hydrogens is 282 g/mol. The summed E-state index contributed by atoms with van der Waals surface area (Å²) in [4.78, 5) is 12.6. The summed E-state index contributed by atoms with van der Waals surface area (Å²) in [6, 6.07) is 14.9. The van der Waals surface area contributed by atoms with Gasteiger partial charge in [0.1, 0.15) is 0 Å². The van der Waals surface area contributed by atoms with Crippen LogP contribution in [0.3, 0.4) is 0 Å². The van der Waals surface area contributed by atoms with E-state index in [1.807, 2.05) is 6.07 Å². The Hall–Kier alpha value is -2.35. The van der Waals surface area contributed by atoms with Crippen LogP contribution in [-0.4, -0.2) is 10.4 Å². The molecule has 2 nitrogen and oxygen atoms in total. The highest BCUT2D eigenvalue weighted by molar-refractivity contribution is 6.11. The smallest absolute Gasteiger partial charge is 0.165 e. The Morgan fingerprint density at radius 1 is 1.04 bits per heavy atom. The van der Waals surface area contributed by atoms with Gasteiger partial charge in [0.2, 0.25) is 0 Å². The first-order chi connectivity index (χ1) is 11.1. The number of nitrogens with zero attached hydrogens (tertiary/aromatic N) is 1. The molecule has 2 heteroatoms. The molecular formula is C21H21NO. The number of ketones is 1. The summed E-state index contributed by atoms with van der Waals surface area (Å²) >= 11 is 0. The summed E-state index contributed by atoms with van der Waals surface area (Å²) in [5.41, 5.74) is 7.19. The van der Waals surface area contributed by atoms with Gasteiger partial charge in [-0.1, -0.05) is 36.4 Å². The van der Waals surface area contributed by atoms with Crippen molar-refractivity contribution in [1.29, 1.82) is 0 Å². The highest BCUT2D eigenvalue weighted by Crippen LogP contribution is 2.35. The summed E-state index contributed by atoms with van der Waals surface area (Å²) in [6.07, 6.45) is 2.65. The molecule has 0 bridgehead atoms. The molecule has 0 N–H and O–H groups in total. The van der Waals surface area contributed by atoms with E-state index in [2.05, 4.69) is 54.8 Å². The Balaban J connectivity index is 2.01. The maximum absolute atomic E-state index is 12.6. The first kappa shape index (κ1) is 14.3. The van der Waals surface area contributed by atoms with Crippen LogP contribution in [0.15, 0.2) is 42.5 Å². The van der Waals surface area contributed by atoms with Crippen LogP contribution in [0.1, 0.15) is 45.6 Å². The summed E-state index contributed by atoms with van der Waals surface area (Å²) in [6.45, 7) is 5.10. The van der Waals surface area contributed by atoms with Crippen LogP contribution in [0.5, 0.6) is 0 Å². The first-order valence-corrected chi connectivity index (χ1v) is 8.34. The van der Waals surface area contributed by atoms with E-state index in [9.17, 15) is 4.79 Å². The molecule has 0 aliphatic heterocycles. The highest BCUT2D eigenvalue weighted by atomic mass is 16.1. The molecule has 0 radical (unpaired) electrons. The predicted octanol–water partition coefficient (Wildman–Crippen LogP) is 4.83. The van der Waals surface area contributed by atoms with Gasteiger partial charge < -0.3 is 4.57 Å². The Morgan fingerprint density at radius 3 is 2.61 bits per heavy atom. The van der Waals surface area contributed by atoms with Gasteiger partial charge in [-0.25, -0.2) is 0 Å². The first-order valence-electron chi connectivity index (χ1n) is 8.34. The minimum Gasteiger partial charge on any atom is -0.339 e. The molecule has 1 aliphatic rings. The van der Waals surface area contributed by atoms with Crippen LogP contribution < -0.4 is 0 Å². The maximum Gasteiger partial charge on any atom is 0.165 e. The van der Waals surface area contributed by atoms with E-state index in [4.69, 9.17) is 0 Å². The number of carbonyl (C=O) groups excluding carboxylic acids is 1. The predicted molar refractivity (Wildman–Crippen MR) is 94.2 cm³/mol. The summed E-state index contributed by atoms with van der Waals surface area (Å²) < 4.78 is 2.37. The number of benzene rings is 2. The zero-order chi connectivity index (χ0) is 16.0. The Labute approximate surface area is 136 Å². The minimum absolute atomic E-state index is 0.315. The van der Waals surface area contributed by atoms with Crippen LogP contribution in [0, 0.1) is 13.8 Å². The summed E-state index contributed by atoms with van der Waals surface area (Å²) in [5, 5.41) is 1.17. The Kier molecular flexibility index (Phi) is 3.33. The lowest BCUT2D eigenvalue weighted by molar-refractivity contribution is 0.0973. The fourth-order valence-corrected chi connectivity index (χ4v) is 3.96. The molecule has 0 saturated carbocycles. The number of aromatic nitrogens is 1. The molecule has 4 rings (SSSR count). The van der Waals surface area contributed by atoms with E-state index >= 15 is 0 Å². The van der Waals surface area contributed by atoms with Crippen molar-refractivity contribution in [3.8, 4) is 0 Å². The van der Waals surface area contributed by atoms with Crippen molar-refractivity contribution in [2.45, 2.75) is 39.7 Å². The monoisotopic (exact) mass is 303 g/mol. The van der Waals surface area contributed by atoms with Gasteiger partial charge in [0, 0.05) is 35.1 Å². The van der Waals surface area contributed by atoms with Crippen molar-refractivity contribution in [3.05, 3.63) is 70.4 Å². The van der Waals surface area contributed by atoms with E-state index in [-0.39, 0.29) is 0 Å². The molecule has 0 saturated heterocycles. The van der Waals surface area contributed by atoms with Gasteiger partial charge in [-0.05, 0) is 49.4 Å². The number of aryl methyl sites for hydroxylation is 2. The third-order valence-electron chi connectivity index (χ3n) is 4.89. The van der Waals surface area contributed by atoms with Crippen molar-refractivity contribution in [2.24, 2.45) is 0 Å².